The third-order valence-corrected chi connectivity index (χ3v) is 7.03. The Morgan fingerprint density at radius 3 is 2.28 bits per heavy atom. The fourth-order valence-corrected chi connectivity index (χ4v) is 5.31. The lowest BCUT2D eigenvalue weighted by molar-refractivity contribution is 0.137. The molecule has 2 amide bonds. The van der Waals surface area contributed by atoms with Crippen molar-refractivity contribution < 1.29 is 4.79 Å². The number of hydrogen-bond donors (Lipinski definition) is 2. The van der Waals surface area contributed by atoms with E-state index in [-0.39, 0.29) is 12.1 Å². The first-order valence-corrected chi connectivity index (χ1v) is 12.9. The number of likely N-dealkylation sites (tertiary alicyclic amines) is 1. The lowest BCUT2D eigenvalue weighted by atomic mass is 9.94. The molecule has 1 atom stereocenters. The maximum Gasteiger partial charge on any atom is 0.319 e. The third kappa shape index (κ3) is 6.10. The Kier molecular flexibility index (Phi) is 7.58. The summed E-state index contributed by atoms with van der Waals surface area (Å²) in [5, 5.41) is 7.29. The van der Waals surface area contributed by atoms with Crippen LogP contribution < -0.4 is 10.6 Å². The van der Waals surface area contributed by atoms with Crippen molar-refractivity contribution in [1.82, 2.24) is 15.2 Å². The zero-order valence-corrected chi connectivity index (χ0v) is 20.9. The number of rotatable bonds is 7. The number of carbonyl (C=O) groups excluding carboxylic acids is 1. The van der Waals surface area contributed by atoms with E-state index in [0.29, 0.717) is 6.04 Å². The van der Waals surface area contributed by atoms with Gasteiger partial charge in [-0.2, -0.15) is 0 Å². The molecule has 0 bridgehead atoms. The minimum Gasteiger partial charge on any atom is -0.334 e. The van der Waals surface area contributed by atoms with Crippen LogP contribution in [0.2, 0.25) is 0 Å². The van der Waals surface area contributed by atoms with Gasteiger partial charge >= 0.3 is 6.03 Å². The lowest BCUT2D eigenvalue weighted by Crippen LogP contribution is -2.52. The van der Waals surface area contributed by atoms with Gasteiger partial charge in [-0.05, 0) is 62.4 Å². The number of benzene rings is 3. The van der Waals surface area contributed by atoms with Gasteiger partial charge in [-0.1, -0.05) is 78.9 Å². The van der Waals surface area contributed by atoms with Crippen LogP contribution in [0.5, 0.6) is 0 Å². The van der Waals surface area contributed by atoms with Gasteiger partial charge in [0.25, 0.3) is 0 Å². The molecule has 36 heavy (non-hydrogen) atoms. The Labute approximate surface area is 213 Å². The number of amides is 2. The third-order valence-electron chi connectivity index (χ3n) is 7.03. The molecule has 2 heterocycles. The number of piperidine rings is 1. The molecule has 0 saturated carbocycles. The number of pyridine rings is 1. The highest BCUT2D eigenvalue weighted by Crippen LogP contribution is 2.24. The highest BCUT2D eigenvalue weighted by Gasteiger charge is 2.27. The van der Waals surface area contributed by atoms with E-state index in [9.17, 15) is 4.79 Å². The topological polar surface area (TPSA) is 57.3 Å². The summed E-state index contributed by atoms with van der Waals surface area (Å²) in [6.45, 7) is 3.86. The Bertz CT molecular complexity index is 1250. The predicted molar refractivity (Wildman–Crippen MR) is 147 cm³/mol. The standard InChI is InChI=1S/C31H34N4O/c1-23-19-30(28-16-8-9-17-29(28)32-23)34-31(36)33-26-15-10-18-35(22-26)27(20-24-11-4-2-5-12-24)21-25-13-6-3-7-14-25/h2-9,11-14,16-17,19,26-27H,10,15,18,20-22H2,1H3,(H2,32,33,34,36)/t26-/m0/s1. The number of hydrogen-bond acceptors (Lipinski definition) is 3. The SMILES string of the molecule is Cc1cc(NC(=O)N[C@H]2CCCN(C(Cc3ccccc3)Cc3ccccc3)C2)c2ccccc2n1. The van der Waals surface area contributed by atoms with Crippen LogP contribution in [0.1, 0.15) is 29.7 Å². The van der Waals surface area contributed by atoms with Crippen LogP contribution in [0.3, 0.4) is 0 Å². The summed E-state index contributed by atoms with van der Waals surface area (Å²) in [5.74, 6) is 0. The minimum absolute atomic E-state index is 0.113. The maximum atomic E-state index is 13.0. The number of para-hydroxylation sites is 1. The van der Waals surface area contributed by atoms with Crippen molar-refractivity contribution in [2.45, 2.75) is 44.7 Å². The molecule has 1 aliphatic heterocycles. The molecule has 5 rings (SSSR count). The summed E-state index contributed by atoms with van der Waals surface area (Å²) in [5.41, 5.74) is 5.28. The van der Waals surface area contributed by atoms with E-state index in [1.807, 2.05) is 37.3 Å². The predicted octanol–water partition coefficient (Wildman–Crippen LogP) is 5.98. The smallest absolute Gasteiger partial charge is 0.319 e. The second-order valence-electron chi connectivity index (χ2n) is 9.79. The largest absolute Gasteiger partial charge is 0.334 e. The monoisotopic (exact) mass is 478 g/mol. The molecule has 1 aromatic heterocycles. The van der Waals surface area contributed by atoms with Gasteiger partial charge in [0.05, 0.1) is 11.2 Å². The van der Waals surface area contributed by atoms with Gasteiger partial charge in [0.15, 0.2) is 0 Å². The lowest BCUT2D eigenvalue weighted by Gasteiger charge is -2.39. The zero-order valence-electron chi connectivity index (χ0n) is 20.9. The first-order valence-electron chi connectivity index (χ1n) is 12.9. The number of nitrogens with one attached hydrogen (secondary N) is 2. The molecule has 1 fully saturated rings. The van der Waals surface area contributed by atoms with E-state index in [1.165, 1.54) is 11.1 Å². The number of carbonyl (C=O) groups is 1. The van der Waals surface area contributed by atoms with Crippen molar-refractivity contribution in [3.05, 3.63) is 108 Å². The van der Waals surface area contributed by atoms with E-state index in [4.69, 9.17) is 0 Å². The molecule has 184 valence electrons. The Morgan fingerprint density at radius 2 is 1.58 bits per heavy atom. The first kappa shape index (κ1) is 24.0. The highest BCUT2D eigenvalue weighted by molar-refractivity contribution is 6.00. The van der Waals surface area contributed by atoms with Crippen molar-refractivity contribution in [3.63, 3.8) is 0 Å². The van der Waals surface area contributed by atoms with Gasteiger partial charge in [-0.15, -0.1) is 0 Å². The highest BCUT2D eigenvalue weighted by atomic mass is 16.2. The number of aryl methyl sites for hydroxylation is 1. The van der Waals surface area contributed by atoms with Crippen LogP contribution >= 0.6 is 0 Å². The van der Waals surface area contributed by atoms with Crippen molar-refractivity contribution in [3.8, 4) is 0 Å². The van der Waals surface area contributed by atoms with Crippen LogP contribution in [-0.4, -0.2) is 41.1 Å². The van der Waals surface area contributed by atoms with E-state index in [2.05, 4.69) is 81.2 Å². The average Bonchev–Trinajstić information content (AvgIpc) is 2.89. The van der Waals surface area contributed by atoms with Crippen molar-refractivity contribution >= 4 is 22.6 Å². The van der Waals surface area contributed by atoms with Gasteiger partial charge in [0.2, 0.25) is 0 Å². The van der Waals surface area contributed by atoms with Crippen LogP contribution in [0, 0.1) is 6.92 Å². The van der Waals surface area contributed by atoms with Crippen molar-refractivity contribution in [2.24, 2.45) is 0 Å². The molecule has 2 N–H and O–H groups in total. The Hall–Kier alpha value is -3.70. The zero-order chi connectivity index (χ0) is 24.7. The molecule has 0 unspecified atom stereocenters. The molecule has 0 spiro atoms. The molecule has 3 aromatic carbocycles. The molecule has 0 aliphatic carbocycles. The Balaban J connectivity index is 1.27. The molecular formula is C31H34N4O. The number of nitrogens with zero attached hydrogens (tertiary/aromatic N) is 2. The molecule has 1 saturated heterocycles. The van der Waals surface area contributed by atoms with Gasteiger partial charge in [-0.25, -0.2) is 4.79 Å². The van der Waals surface area contributed by atoms with E-state index < -0.39 is 0 Å². The van der Waals surface area contributed by atoms with Gasteiger partial charge in [-0.3, -0.25) is 9.88 Å². The maximum absolute atomic E-state index is 13.0. The van der Waals surface area contributed by atoms with Gasteiger partial charge in [0, 0.05) is 29.7 Å². The summed E-state index contributed by atoms with van der Waals surface area (Å²) < 4.78 is 0. The second kappa shape index (κ2) is 11.4. The quantitative estimate of drug-likeness (QED) is 0.343. The Morgan fingerprint density at radius 1 is 0.944 bits per heavy atom. The molecule has 1 aliphatic rings. The first-order chi connectivity index (χ1) is 17.6. The minimum atomic E-state index is -0.153. The van der Waals surface area contributed by atoms with Crippen molar-refractivity contribution in [1.29, 1.82) is 0 Å². The summed E-state index contributed by atoms with van der Waals surface area (Å²) in [4.78, 5) is 20.2. The average molecular weight is 479 g/mol. The van der Waals surface area contributed by atoms with Gasteiger partial charge < -0.3 is 10.6 Å². The normalized spacial score (nSPS) is 16.2. The molecule has 0 radical (unpaired) electrons. The summed E-state index contributed by atoms with van der Waals surface area (Å²) in [6, 6.07) is 31.7. The van der Waals surface area contributed by atoms with E-state index >= 15 is 0 Å². The summed E-state index contributed by atoms with van der Waals surface area (Å²) in [7, 11) is 0. The molecular weight excluding hydrogens is 444 g/mol. The van der Waals surface area contributed by atoms with E-state index in [1.54, 1.807) is 0 Å². The van der Waals surface area contributed by atoms with Crippen LogP contribution in [-0.2, 0) is 12.8 Å². The van der Waals surface area contributed by atoms with Gasteiger partial charge in [0.1, 0.15) is 0 Å². The van der Waals surface area contributed by atoms with Crippen LogP contribution in [0.25, 0.3) is 10.9 Å². The fraction of sp³-hybridized carbons (Fsp3) is 0.290. The van der Waals surface area contributed by atoms with Crippen LogP contribution in [0.15, 0.2) is 91.0 Å². The molecule has 5 nitrogen and oxygen atoms in total. The molecule has 5 heteroatoms. The molecule has 4 aromatic rings. The summed E-state index contributed by atoms with van der Waals surface area (Å²) >= 11 is 0. The number of urea groups is 1. The second-order valence-corrected chi connectivity index (χ2v) is 9.79. The number of aromatic nitrogens is 1. The van der Waals surface area contributed by atoms with Crippen LogP contribution in [0.4, 0.5) is 10.5 Å². The fourth-order valence-electron chi connectivity index (χ4n) is 5.31. The van der Waals surface area contributed by atoms with Crippen molar-refractivity contribution in [2.75, 3.05) is 18.4 Å². The number of anilines is 1. The summed E-state index contributed by atoms with van der Waals surface area (Å²) in [6.07, 6.45) is 4.06. The van der Waals surface area contributed by atoms with E-state index in [0.717, 1.165) is 61.1 Å². The number of fused-ring (bicyclic) bond motifs is 1.